The normalized spacial score (nSPS) is 27.2. The highest BCUT2D eigenvalue weighted by atomic mass is 32.2. The van der Waals surface area contributed by atoms with Crippen LogP contribution in [0, 0.1) is 5.92 Å². The molecule has 2 saturated heterocycles. The summed E-state index contributed by atoms with van der Waals surface area (Å²) in [4.78, 5) is 43.5. The first-order valence-corrected chi connectivity index (χ1v) is 11.4. The summed E-state index contributed by atoms with van der Waals surface area (Å²) in [5, 5.41) is 0. The lowest BCUT2D eigenvalue weighted by Gasteiger charge is -2.34. The van der Waals surface area contributed by atoms with E-state index in [9.17, 15) is 22.8 Å². The van der Waals surface area contributed by atoms with Gasteiger partial charge in [-0.1, -0.05) is 18.9 Å². The van der Waals surface area contributed by atoms with Crippen molar-refractivity contribution >= 4 is 27.6 Å². The summed E-state index contributed by atoms with van der Waals surface area (Å²) in [7, 11) is -3.93. The molecule has 2 N–H and O–H groups in total. The fourth-order valence-corrected chi connectivity index (χ4v) is 6.22. The van der Waals surface area contributed by atoms with Crippen LogP contribution in [0.25, 0.3) is 0 Å². The van der Waals surface area contributed by atoms with Gasteiger partial charge in [0.15, 0.2) is 11.3 Å². The van der Waals surface area contributed by atoms with Crippen molar-refractivity contribution in [3.8, 4) is 0 Å². The molecule has 3 aliphatic rings. The Labute approximate surface area is 169 Å². The second-order valence-electron chi connectivity index (χ2n) is 8.01. The van der Waals surface area contributed by atoms with E-state index < -0.39 is 39.8 Å². The lowest BCUT2D eigenvalue weighted by molar-refractivity contribution is -0.149. The van der Waals surface area contributed by atoms with Gasteiger partial charge < -0.3 is 10.6 Å². The molecule has 0 bridgehead atoms. The monoisotopic (exact) mass is 420 g/mol. The Hall–Kier alpha value is -2.33. The summed E-state index contributed by atoms with van der Waals surface area (Å²) >= 11 is 0. The zero-order valence-corrected chi connectivity index (χ0v) is 16.8. The Morgan fingerprint density at radius 2 is 2.00 bits per heavy atom. The molecule has 2 aliphatic heterocycles. The molecule has 1 aromatic heterocycles. The minimum atomic E-state index is -3.93. The summed E-state index contributed by atoms with van der Waals surface area (Å²) in [5.41, 5.74) is 4.07. The lowest BCUT2D eigenvalue weighted by atomic mass is 9.89. The van der Waals surface area contributed by atoms with E-state index in [1.165, 1.54) is 11.1 Å². The van der Waals surface area contributed by atoms with E-state index in [1.54, 1.807) is 18.2 Å². The van der Waals surface area contributed by atoms with Crippen molar-refractivity contribution in [1.82, 2.24) is 14.2 Å². The van der Waals surface area contributed by atoms with Gasteiger partial charge in [-0.05, 0) is 30.9 Å². The second kappa shape index (κ2) is 7.17. The number of aromatic nitrogens is 1. The van der Waals surface area contributed by atoms with E-state index in [0.29, 0.717) is 18.0 Å². The quantitative estimate of drug-likeness (QED) is 0.609. The zero-order valence-electron chi connectivity index (χ0n) is 16.0. The number of Topliss-reactive ketones (excluding diaryl/α,β-unsaturated/α-hetero) is 1. The van der Waals surface area contributed by atoms with Gasteiger partial charge in [-0.25, -0.2) is 8.42 Å². The Kier molecular flexibility index (Phi) is 4.94. The smallest absolute Gasteiger partial charge is 0.252 e. The maximum Gasteiger partial charge on any atom is 0.252 e. The van der Waals surface area contributed by atoms with Gasteiger partial charge in [0.2, 0.25) is 15.9 Å². The predicted molar refractivity (Wildman–Crippen MR) is 103 cm³/mol. The van der Waals surface area contributed by atoms with E-state index in [4.69, 9.17) is 5.73 Å². The van der Waals surface area contributed by atoms with Gasteiger partial charge in [0.05, 0.1) is 18.3 Å². The number of nitrogens with zero attached hydrogens (tertiary/aromatic N) is 3. The maximum absolute atomic E-state index is 13.0. The third-order valence-electron chi connectivity index (χ3n) is 6.16. The van der Waals surface area contributed by atoms with Crippen LogP contribution in [-0.2, 0) is 30.2 Å². The molecular formula is C19H24N4O5S. The molecule has 2 amide bonds. The van der Waals surface area contributed by atoms with Gasteiger partial charge >= 0.3 is 0 Å². The summed E-state index contributed by atoms with van der Waals surface area (Å²) in [6.07, 6.45) is 4.82. The first-order chi connectivity index (χ1) is 13.8. The molecule has 1 aliphatic carbocycles. The fraction of sp³-hybridized carbons (Fsp3) is 0.579. The molecule has 3 heterocycles. The summed E-state index contributed by atoms with van der Waals surface area (Å²) in [6, 6.07) is 3.97. The number of pyridine rings is 1. The maximum atomic E-state index is 13.0. The number of hydrogen-bond acceptors (Lipinski definition) is 6. The molecule has 156 valence electrons. The molecule has 0 radical (unpaired) electrons. The number of rotatable bonds is 7. The molecule has 1 aromatic rings. The van der Waals surface area contributed by atoms with Crippen molar-refractivity contribution in [2.75, 3.05) is 13.1 Å². The number of likely N-dealkylation sites (tertiary alicyclic amines) is 1. The average molecular weight is 420 g/mol. The highest BCUT2D eigenvalue weighted by molar-refractivity contribution is 7.88. The first kappa shape index (κ1) is 20.0. The summed E-state index contributed by atoms with van der Waals surface area (Å²) < 4.78 is 27.1. The molecule has 29 heavy (non-hydrogen) atoms. The average Bonchev–Trinajstić information content (AvgIpc) is 3.33. The van der Waals surface area contributed by atoms with Crippen LogP contribution in [0.3, 0.4) is 0 Å². The van der Waals surface area contributed by atoms with Crippen LogP contribution in [0.2, 0.25) is 0 Å². The molecule has 1 saturated carbocycles. The lowest BCUT2D eigenvalue weighted by Crippen LogP contribution is -2.64. The van der Waals surface area contributed by atoms with Crippen molar-refractivity contribution in [1.29, 1.82) is 0 Å². The molecule has 2 unspecified atom stereocenters. The topological polar surface area (TPSA) is 131 Å². The van der Waals surface area contributed by atoms with Crippen molar-refractivity contribution < 1.29 is 22.8 Å². The van der Waals surface area contributed by atoms with E-state index in [0.717, 1.165) is 17.1 Å². The largest absolute Gasteiger partial charge is 0.367 e. The number of amides is 2. The van der Waals surface area contributed by atoms with Gasteiger partial charge in [-0.3, -0.25) is 19.4 Å². The summed E-state index contributed by atoms with van der Waals surface area (Å²) in [5.74, 6) is -1.76. The molecule has 2 atom stereocenters. The Bertz CT molecular complexity index is 947. The highest BCUT2D eigenvalue weighted by Crippen LogP contribution is 2.42. The number of nitrogens with two attached hydrogens (primary N) is 1. The zero-order chi connectivity index (χ0) is 20.8. The third kappa shape index (κ3) is 3.33. The molecule has 4 rings (SSSR count). The van der Waals surface area contributed by atoms with Crippen LogP contribution >= 0.6 is 0 Å². The van der Waals surface area contributed by atoms with E-state index in [1.807, 2.05) is 0 Å². The van der Waals surface area contributed by atoms with Crippen LogP contribution in [0.5, 0.6) is 0 Å². The Morgan fingerprint density at radius 3 is 2.62 bits per heavy atom. The molecular weight excluding hydrogens is 396 g/mol. The first-order valence-electron chi connectivity index (χ1n) is 9.80. The number of sulfonamides is 1. The van der Waals surface area contributed by atoms with Gasteiger partial charge in [-0.15, -0.1) is 0 Å². The van der Waals surface area contributed by atoms with E-state index in [-0.39, 0.29) is 31.0 Å². The number of ketones is 1. The minimum absolute atomic E-state index is 0.137. The van der Waals surface area contributed by atoms with Crippen molar-refractivity contribution in [3.63, 3.8) is 0 Å². The van der Waals surface area contributed by atoms with Crippen LogP contribution in [0.1, 0.15) is 37.8 Å². The Morgan fingerprint density at radius 1 is 1.24 bits per heavy atom. The number of hydrogen-bond donors (Lipinski definition) is 1. The molecule has 0 spiro atoms. The Balaban J connectivity index is 1.61. The van der Waals surface area contributed by atoms with Crippen LogP contribution in [0.4, 0.5) is 0 Å². The van der Waals surface area contributed by atoms with Crippen molar-refractivity contribution in [3.05, 3.63) is 30.1 Å². The third-order valence-corrected chi connectivity index (χ3v) is 7.92. The molecule has 3 fully saturated rings. The molecule has 0 aromatic carbocycles. The molecule has 9 nitrogen and oxygen atoms in total. The van der Waals surface area contributed by atoms with E-state index in [2.05, 4.69) is 4.98 Å². The SMILES string of the molecule is NC(=O)C12C(=O)CN(S(=O)(=O)Cc3ccccn3)C1CCN2C(=O)CCC1CC1. The van der Waals surface area contributed by atoms with Crippen LogP contribution < -0.4 is 5.73 Å². The van der Waals surface area contributed by atoms with Crippen molar-refractivity contribution in [2.45, 2.75) is 49.4 Å². The van der Waals surface area contributed by atoms with Crippen LogP contribution in [-0.4, -0.2) is 64.9 Å². The van der Waals surface area contributed by atoms with Crippen molar-refractivity contribution in [2.24, 2.45) is 11.7 Å². The second-order valence-corrected chi connectivity index (χ2v) is 9.93. The highest BCUT2D eigenvalue weighted by Gasteiger charge is 2.68. The van der Waals surface area contributed by atoms with E-state index >= 15 is 0 Å². The fourth-order valence-electron chi connectivity index (χ4n) is 4.55. The van der Waals surface area contributed by atoms with Gasteiger partial charge in [0.25, 0.3) is 5.91 Å². The molecule has 10 heteroatoms. The standard InChI is InChI=1S/C19H24N4O5S/c20-18(26)19-15(8-10-22(19)17(25)7-6-13-4-5-13)23(11-16(19)24)29(27,28)12-14-3-1-2-9-21-14/h1-3,9,13,15H,4-8,10-12H2,(H2,20,26). The number of carbonyl (C=O) groups excluding carboxylic acids is 3. The number of fused-ring (bicyclic) bond motifs is 1. The van der Waals surface area contributed by atoms with Gasteiger partial charge in [-0.2, -0.15) is 4.31 Å². The van der Waals surface area contributed by atoms with Crippen LogP contribution in [0.15, 0.2) is 24.4 Å². The summed E-state index contributed by atoms with van der Waals surface area (Å²) in [6.45, 7) is -0.326. The van der Waals surface area contributed by atoms with Gasteiger partial charge in [0.1, 0.15) is 5.75 Å². The minimum Gasteiger partial charge on any atom is -0.367 e. The van der Waals surface area contributed by atoms with Gasteiger partial charge in [0, 0.05) is 19.2 Å². The number of primary amides is 1. The number of carbonyl (C=O) groups is 3. The predicted octanol–water partition coefficient (Wildman–Crippen LogP) is -0.189.